The lowest BCUT2D eigenvalue weighted by molar-refractivity contribution is -0.0215. The highest BCUT2D eigenvalue weighted by Crippen LogP contribution is 2.32. The molecule has 0 aliphatic heterocycles. The molecule has 1 aromatic heterocycles. The highest BCUT2D eigenvalue weighted by molar-refractivity contribution is 5.81. The van der Waals surface area contributed by atoms with Crippen molar-refractivity contribution in [2.24, 2.45) is 0 Å². The Morgan fingerprint density at radius 3 is 2.35 bits per heavy atom. The van der Waals surface area contributed by atoms with Crippen molar-refractivity contribution in [3.63, 3.8) is 0 Å². The molecule has 0 saturated carbocycles. The summed E-state index contributed by atoms with van der Waals surface area (Å²) in [5.41, 5.74) is 1.75. The fourth-order valence-corrected chi connectivity index (χ4v) is 2.53. The van der Waals surface area contributed by atoms with Crippen LogP contribution in [0, 0.1) is 6.92 Å². The lowest BCUT2D eigenvalue weighted by Crippen LogP contribution is -2.21. The van der Waals surface area contributed by atoms with Gasteiger partial charge in [-0.15, -0.1) is 0 Å². The van der Waals surface area contributed by atoms with E-state index in [1.807, 2.05) is 37.3 Å². The second kappa shape index (κ2) is 4.75. The lowest BCUT2D eigenvalue weighted by Gasteiger charge is -2.19. The fourth-order valence-electron chi connectivity index (χ4n) is 2.53. The van der Waals surface area contributed by atoms with Gasteiger partial charge in [0.2, 0.25) is 0 Å². The van der Waals surface area contributed by atoms with E-state index in [0.717, 1.165) is 16.6 Å². The van der Waals surface area contributed by atoms with Crippen LogP contribution in [0.5, 0.6) is 0 Å². The first-order valence-corrected chi connectivity index (χ1v) is 6.56. The summed E-state index contributed by atoms with van der Waals surface area (Å²) in [5.74, 6) is -2.88. The average molecular weight is 271 g/mol. The molecule has 0 saturated heterocycles. The number of aryl methyl sites for hydroxylation is 1. The Hall–Kier alpha value is -2.16. The van der Waals surface area contributed by atoms with Crippen molar-refractivity contribution in [1.82, 2.24) is 4.57 Å². The molecule has 102 valence electrons. The number of benzene rings is 2. The molecule has 0 aliphatic rings. The van der Waals surface area contributed by atoms with E-state index < -0.39 is 5.92 Å². The number of alkyl halides is 2. The van der Waals surface area contributed by atoms with E-state index in [9.17, 15) is 8.78 Å². The predicted octanol–water partition coefficient (Wildman–Crippen LogP) is 4.74. The zero-order valence-corrected chi connectivity index (χ0v) is 11.2. The third kappa shape index (κ3) is 2.20. The second-order valence-corrected chi connectivity index (χ2v) is 5.00. The van der Waals surface area contributed by atoms with Crippen molar-refractivity contribution in [2.45, 2.75) is 19.4 Å². The Balaban J connectivity index is 2.03. The Kier molecular flexibility index (Phi) is 3.05. The van der Waals surface area contributed by atoms with Crippen molar-refractivity contribution < 1.29 is 8.78 Å². The molecule has 0 fully saturated rings. The third-order valence-corrected chi connectivity index (χ3v) is 3.57. The van der Waals surface area contributed by atoms with Crippen LogP contribution in [0.25, 0.3) is 10.9 Å². The van der Waals surface area contributed by atoms with Gasteiger partial charge in [-0.1, -0.05) is 48.5 Å². The molecule has 0 spiro atoms. The molecule has 0 N–H and O–H groups in total. The maximum atomic E-state index is 14.4. The molecular weight excluding hydrogens is 256 g/mol. The first-order chi connectivity index (χ1) is 9.58. The van der Waals surface area contributed by atoms with E-state index in [-0.39, 0.29) is 12.1 Å². The summed E-state index contributed by atoms with van der Waals surface area (Å²) in [6.07, 6.45) is 0. The van der Waals surface area contributed by atoms with Gasteiger partial charge < -0.3 is 4.57 Å². The molecule has 0 unspecified atom stereocenters. The molecule has 0 amide bonds. The largest absolute Gasteiger partial charge is 0.338 e. The van der Waals surface area contributed by atoms with Gasteiger partial charge in [-0.3, -0.25) is 0 Å². The molecule has 0 atom stereocenters. The molecule has 1 heterocycles. The van der Waals surface area contributed by atoms with E-state index >= 15 is 0 Å². The third-order valence-electron chi connectivity index (χ3n) is 3.57. The van der Waals surface area contributed by atoms with Crippen LogP contribution in [0.1, 0.15) is 11.3 Å². The molecule has 0 radical (unpaired) electrons. The van der Waals surface area contributed by atoms with E-state index in [2.05, 4.69) is 0 Å². The Labute approximate surface area is 116 Å². The zero-order chi connectivity index (χ0) is 14.2. The predicted molar refractivity (Wildman–Crippen MR) is 77.0 cm³/mol. The number of hydrogen-bond donors (Lipinski definition) is 0. The van der Waals surface area contributed by atoms with Gasteiger partial charge in [-0.2, -0.15) is 8.78 Å². The summed E-state index contributed by atoms with van der Waals surface area (Å²) in [6.45, 7) is 1.53. The summed E-state index contributed by atoms with van der Waals surface area (Å²) in [6, 6.07) is 17.5. The van der Waals surface area contributed by atoms with Crippen LogP contribution in [-0.4, -0.2) is 4.57 Å². The van der Waals surface area contributed by atoms with Crippen LogP contribution in [0.15, 0.2) is 60.7 Å². The highest BCUT2D eigenvalue weighted by Gasteiger charge is 2.32. The van der Waals surface area contributed by atoms with Gasteiger partial charge in [-0.25, -0.2) is 0 Å². The quantitative estimate of drug-likeness (QED) is 0.648. The molecule has 3 rings (SSSR count). The van der Waals surface area contributed by atoms with Gasteiger partial charge in [0, 0.05) is 16.8 Å². The van der Waals surface area contributed by atoms with Crippen LogP contribution in [-0.2, 0) is 12.5 Å². The first kappa shape index (κ1) is 12.9. The van der Waals surface area contributed by atoms with Crippen LogP contribution >= 0.6 is 0 Å². The summed E-state index contributed by atoms with van der Waals surface area (Å²) in [4.78, 5) is 0. The number of fused-ring (bicyclic) bond motifs is 1. The number of para-hydroxylation sites is 1. The van der Waals surface area contributed by atoms with Gasteiger partial charge in [0.25, 0.3) is 5.92 Å². The number of aromatic nitrogens is 1. The van der Waals surface area contributed by atoms with E-state index in [0.29, 0.717) is 0 Å². The topological polar surface area (TPSA) is 4.93 Å². The summed E-state index contributed by atoms with van der Waals surface area (Å²) in [7, 11) is 0. The van der Waals surface area contributed by atoms with Gasteiger partial charge in [0.1, 0.15) is 0 Å². The van der Waals surface area contributed by atoms with Crippen LogP contribution < -0.4 is 0 Å². The minimum Gasteiger partial charge on any atom is -0.338 e. The summed E-state index contributed by atoms with van der Waals surface area (Å²) in [5, 5.41) is 0.994. The van der Waals surface area contributed by atoms with Crippen LogP contribution in [0.4, 0.5) is 8.78 Å². The maximum absolute atomic E-state index is 14.4. The molecule has 2 aromatic carbocycles. The number of nitrogens with zero attached hydrogens (tertiary/aromatic N) is 1. The molecule has 3 heteroatoms. The molecule has 0 bridgehead atoms. The number of halogens is 2. The van der Waals surface area contributed by atoms with E-state index in [1.165, 1.54) is 12.1 Å². The van der Waals surface area contributed by atoms with Gasteiger partial charge in [-0.05, 0) is 24.4 Å². The van der Waals surface area contributed by atoms with Crippen molar-refractivity contribution in [3.05, 3.63) is 71.9 Å². The first-order valence-electron chi connectivity index (χ1n) is 6.56. The Bertz CT molecular complexity index is 729. The second-order valence-electron chi connectivity index (χ2n) is 5.00. The normalized spacial score (nSPS) is 11.9. The van der Waals surface area contributed by atoms with Gasteiger partial charge in [0.15, 0.2) is 0 Å². The lowest BCUT2D eigenvalue weighted by atomic mass is 10.1. The molecule has 1 nitrogen and oxygen atoms in total. The monoisotopic (exact) mass is 271 g/mol. The fraction of sp³-hybridized carbons (Fsp3) is 0.176. The van der Waals surface area contributed by atoms with Gasteiger partial charge >= 0.3 is 0 Å². The standard InChI is InChI=1S/C17H15F2N/c1-13-11-14-7-5-6-10-16(14)20(13)12-17(18,19)15-8-3-2-4-9-15/h2-11H,12H2,1H3. The Morgan fingerprint density at radius 2 is 1.60 bits per heavy atom. The van der Waals surface area contributed by atoms with Crippen molar-refractivity contribution in [1.29, 1.82) is 0 Å². The van der Waals surface area contributed by atoms with E-state index in [4.69, 9.17) is 0 Å². The number of rotatable bonds is 3. The SMILES string of the molecule is Cc1cc2ccccc2n1CC(F)(F)c1ccccc1. The smallest absolute Gasteiger partial charge is 0.290 e. The van der Waals surface area contributed by atoms with Crippen molar-refractivity contribution in [3.8, 4) is 0 Å². The van der Waals surface area contributed by atoms with E-state index in [1.54, 1.807) is 22.8 Å². The van der Waals surface area contributed by atoms with Crippen LogP contribution in [0.2, 0.25) is 0 Å². The minimum absolute atomic E-state index is 0.0529. The molecule has 20 heavy (non-hydrogen) atoms. The summed E-state index contributed by atoms with van der Waals surface area (Å²) >= 11 is 0. The molecule has 0 aliphatic carbocycles. The van der Waals surface area contributed by atoms with Gasteiger partial charge in [0.05, 0.1) is 6.54 Å². The summed E-state index contributed by atoms with van der Waals surface area (Å²) < 4.78 is 30.5. The van der Waals surface area contributed by atoms with Crippen molar-refractivity contribution in [2.75, 3.05) is 0 Å². The molecule has 3 aromatic rings. The van der Waals surface area contributed by atoms with Crippen molar-refractivity contribution >= 4 is 10.9 Å². The number of hydrogen-bond acceptors (Lipinski definition) is 0. The highest BCUT2D eigenvalue weighted by atomic mass is 19.3. The molecular formula is C17H15F2N. The Morgan fingerprint density at radius 1 is 0.950 bits per heavy atom. The maximum Gasteiger partial charge on any atom is 0.290 e. The zero-order valence-electron chi connectivity index (χ0n) is 11.2. The minimum atomic E-state index is -2.88. The average Bonchev–Trinajstić information content (AvgIpc) is 2.76. The van der Waals surface area contributed by atoms with Crippen LogP contribution in [0.3, 0.4) is 0 Å².